The van der Waals surface area contributed by atoms with E-state index < -0.39 is 23.6 Å². The first-order chi connectivity index (χ1) is 18.6. The van der Waals surface area contributed by atoms with Crippen LogP contribution in [0.1, 0.15) is 143 Å². The van der Waals surface area contributed by atoms with Gasteiger partial charge < -0.3 is 14.3 Å². The zero-order valence-electron chi connectivity index (χ0n) is 23.3. The number of ether oxygens (including phenoxy) is 2. The van der Waals surface area contributed by atoms with Crippen LogP contribution in [0.2, 0.25) is 0 Å². The van der Waals surface area contributed by atoms with E-state index in [0.717, 1.165) is 25.7 Å². The Hall–Kier alpha value is -2.25. The quantitative estimate of drug-likeness (QED) is 0.136. The van der Waals surface area contributed by atoms with E-state index in [1.165, 1.54) is 77.0 Å². The molecule has 2 aliphatic heterocycles. The summed E-state index contributed by atoms with van der Waals surface area (Å²) in [6.45, 7) is 3.29. The number of carbonyl (C=O) groups excluding carboxylic acids is 3. The average molecular weight is 530 g/mol. The van der Waals surface area contributed by atoms with E-state index in [0.29, 0.717) is 24.7 Å². The fourth-order valence-electron chi connectivity index (χ4n) is 5.32. The molecule has 38 heavy (non-hydrogen) atoms. The standard InChI is InChI=1S/C31H47NO6/c1-2-3-4-5-6-7-8-9-10-11-12-13-14-15-18-22-31(36-23-19-24-37-31)25-28(33)38-32-29(34)26-20-16-17-21-27(26)30(32)35/h16-17,20-21H,2-15,18-19,22-25H2,1H3. The van der Waals surface area contributed by atoms with Crippen molar-refractivity contribution in [3.05, 3.63) is 35.4 Å². The van der Waals surface area contributed by atoms with Gasteiger partial charge in [-0.2, -0.15) is 0 Å². The fraction of sp³-hybridized carbons (Fsp3) is 0.710. The molecule has 2 amide bonds. The highest BCUT2D eigenvalue weighted by Gasteiger charge is 2.42. The Labute approximate surface area is 228 Å². The van der Waals surface area contributed by atoms with Gasteiger partial charge in [0.05, 0.1) is 24.3 Å². The van der Waals surface area contributed by atoms with Gasteiger partial charge in [-0.1, -0.05) is 114 Å². The number of hydrogen-bond acceptors (Lipinski definition) is 6. The Morgan fingerprint density at radius 1 is 0.763 bits per heavy atom. The molecule has 7 heteroatoms. The normalized spacial score (nSPS) is 16.6. The van der Waals surface area contributed by atoms with E-state index in [1.807, 2.05) is 0 Å². The zero-order chi connectivity index (χ0) is 27.1. The molecule has 0 atom stereocenters. The molecule has 212 valence electrons. The average Bonchev–Trinajstić information content (AvgIpc) is 3.16. The Bertz CT molecular complexity index is 844. The molecule has 1 saturated heterocycles. The third-order valence-corrected chi connectivity index (χ3v) is 7.54. The van der Waals surface area contributed by atoms with E-state index in [9.17, 15) is 14.4 Å². The maximum absolute atomic E-state index is 12.7. The first-order valence-corrected chi connectivity index (χ1v) is 15.0. The molecule has 1 fully saturated rings. The number of rotatable bonds is 19. The summed E-state index contributed by atoms with van der Waals surface area (Å²) < 4.78 is 11.8. The fourth-order valence-corrected chi connectivity index (χ4v) is 5.32. The molecular weight excluding hydrogens is 482 g/mol. The van der Waals surface area contributed by atoms with Gasteiger partial charge in [0.1, 0.15) is 6.42 Å². The molecule has 0 saturated carbocycles. The van der Waals surface area contributed by atoms with Crippen LogP contribution in [0, 0.1) is 0 Å². The van der Waals surface area contributed by atoms with E-state index in [-0.39, 0.29) is 17.5 Å². The van der Waals surface area contributed by atoms with Gasteiger partial charge in [-0.25, -0.2) is 4.79 Å². The second-order valence-corrected chi connectivity index (χ2v) is 10.8. The van der Waals surface area contributed by atoms with Crippen LogP contribution in [-0.4, -0.2) is 41.8 Å². The third kappa shape index (κ3) is 9.49. The van der Waals surface area contributed by atoms with Crippen molar-refractivity contribution in [3.63, 3.8) is 0 Å². The van der Waals surface area contributed by atoms with Crippen molar-refractivity contribution in [1.82, 2.24) is 5.06 Å². The minimum atomic E-state index is -1.05. The lowest BCUT2D eigenvalue weighted by Crippen LogP contribution is -2.44. The molecule has 1 aromatic carbocycles. The Morgan fingerprint density at radius 2 is 1.21 bits per heavy atom. The SMILES string of the molecule is CCCCCCCCCCCCCCCCCC1(CC(=O)ON2C(=O)c3ccccc3C2=O)OCCCO1. The van der Waals surface area contributed by atoms with Crippen molar-refractivity contribution in [2.45, 2.75) is 128 Å². The Morgan fingerprint density at radius 3 is 1.68 bits per heavy atom. The molecule has 0 N–H and O–H groups in total. The predicted molar refractivity (Wildman–Crippen MR) is 146 cm³/mol. The van der Waals surface area contributed by atoms with E-state index in [2.05, 4.69) is 6.92 Å². The van der Waals surface area contributed by atoms with Gasteiger partial charge in [-0.05, 0) is 25.0 Å². The number of imide groups is 1. The molecule has 0 unspecified atom stereocenters. The van der Waals surface area contributed by atoms with Gasteiger partial charge in [0.15, 0.2) is 5.79 Å². The lowest BCUT2D eigenvalue weighted by molar-refractivity contribution is -0.276. The molecule has 0 radical (unpaired) electrons. The van der Waals surface area contributed by atoms with Gasteiger partial charge in [0, 0.05) is 6.42 Å². The van der Waals surface area contributed by atoms with Crippen molar-refractivity contribution in [2.24, 2.45) is 0 Å². The van der Waals surface area contributed by atoms with Crippen LogP contribution in [0.5, 0.6) is 0 Å². The van der Waals surface area contributed by atoms with Gasteiger partial charge in [-0.3, -0.25) is 9.59 Å². The minimum Gasteiger partial charge on any atom is -0.349 e. The maximum atomic E-state index is 12.7. The number of fused-ring (bicyclic) bond motifs is 1. The molecule has 1 aromatic rings. The third-order valence-electron chi connectivity index (χ3n) is 7.54. The summed E-state index contributed by atoms with van der Waals surface area (Å²) in [5, 5.41) is 0.553. The molecule has 7 nitrogen and oxygen atoms in total. The highest BCUT2D eigenvalue weighted by molar-refractivity contribution is 6.20. The zero-order valence-corrected chi connectivity index (χ0v) is 23.3. The lowest BCUT2D eigenvalue weighted by atomic mass is 10.0. The summed E-state index contributed by atoms with van der Waals surface area (Å²) >= 11 is 0. The summed E-state index contributed by atoms with van der Waals surface area (Å²) in [4.78, 5) is 43.0. The van der Waals surface area contributed by atoms with Gasteiger partial charge in [0.2, 0.25) is 0 Å². The van der Waals surface area contributed by atoms with Crippen LogP contribution in [0.15, 0.2) is 24.3 Å². The van der Waals surface area contributed by atoms with Gasteiger partial charge in [-0.15, -0.1) is 0 Å². The van der Waals surface area contributed by atoms with Crippen LogP contribution < -0.4 is 0 Å². The van der Waals surface area contributed by atoms with Crippen molar-refractivity contribution >= 4 is 17.8 Å². The second-order valence-electron chi connectivity index (χ2n) is 10.8. The van der Waals surface area contributed by atoms with Gasteiger partial charge >= 0.3 is 5.97 Å². The Balaban J connectivity index is 1.29. The summed E-state index contributed by atoms with van der Waals surface area (Å²) in [6, 6.07) is 6.44. The summed E-state index contributed by atoms with van der Waals surface area (Å²) in [5.74, 6) is -3.01. The highest BCUT2D eigenvalue weighted by Crippen LogP contribution is 2.31. The molecule has 0 aliphatic carbocycles. The molecular formula is C31H47NO6. The molecule has 0 bridgehead atoms. The number of hydroxylamine groups is 2. The van der Waals surface area contributed by atoms with Crippen LogP contribution in [0.4, 0.5) is 0 Å². The minimum absolute atomic E-state index is 0.154. The van der Waals surface area contributed by atoms with Crippen molar-refractivity contribution < 1.29 is 28.7 Å². The number of amides is 2. The topological polar surface area (TPSA) is 82.1 Å². The Kier molecular flexibility index (Phi) is 13.3. The first-order valence-electron chi connectivity index (χ1n) is 15.0. The number of unbranched alkanes of at least 4 members (excludes halogenated alkanes) is 14. The molecule has 2 heterocycles. The first kappa shape index (κ1) is 30.3. The largest absolute Gasteiger partial charge is 0.349 e. The monoisotopic (exact) mass is 529 g/mol. The van der Waals surface area contributed by atoms with Crippen molar-refractivity contribution in [2.75, 3.05) is 13.2 Å². The van der Waals surface area contributed by atoms with Crippen molar-refractivity contribution in [3.8, 4) is 0 Å². The summed E-state index contributed by atoms with van der Waals surface area (Å²) in [6.07, 6.45) is 20.5. The summed E-state index contributed by atoms with van der Waals surface area (Å²) in [5.41, 5.74) is 0.478. The van der Waals surface area contributed by atoms with E-state index >= 15 is 0 Å². The maximum Gasteiger partial charge on any atom is 0.338 e. The molecule has 3 rings (SSSR count). The molecule has 0 spiro atoms. The highest BCUT2D eigenvalue weighted by atomic mass is 16.7. The van der Waals surface area contributed by atoms with Gasteiger partial charge in [0.25, 0.3) is 11.8 Å². The number of carbonyl (C=O) groups is 3. The summed E-state index contributed by atoms with van der Waals surface area (Å²) in [7, 11) is 0. The lowest BCUT2D eigenvalue weighted by Gasteiger charge is -2.36. The van der Waals surface area contributed by atoms with Crippen LogP contribution in [-0.2, 0) is 19.1 Å². The van der Waals surface area contributed by atoms with E-state index in [1.54, 1.807) is 24.3 Å². The smallest absolute Gasteiger partial charge is 0.338 e. The number of benzene rings is 1. The number of nitrogens with zero attached hydrogens (tertiary/aromatic N) is 1. The molecule has 0 aromatic heterocycles. The van der Waals surface area contributed by atoms with Crippen LogP contribution in [0.3, 0.4) is 0 Å². The predicted octanol–water partition coefficient (Wildman–Crippen LogP) is 7.53. The van der Waals surface area contributed by atoms with E-state index in [4.69, 9.17) is 14.3 Å². The second kappa shape index (κ2) is 16.7. The van der Waals surface area contributed by atoms with Crippen LogP contribution >= 0.6 is 0 Å². The molecule has 2 aliphatic rings. The van der Waals surface area contributed by atoms with Crippen LogP contribution in [0.25, 0.3) is 0 Å². The van der Waals surface area contributed by atoms with Crippen molar-refractivity contribution in [1.29, 1.82) is 0 Å². The number of hydrogen-bond donors (Lipinski definition) is 0.